The van der Waals surface area contributed by atoms with E-state index in [4.69, 9.17) is 13.9 Å². The lowest BCUT2D eigenvalue weighted by atomic mass is 9.95. The van der Waals surface area contributed by atoms with Gasteiger partial charge in [-0.15, -0.1) is 0 Å². The number of Topliss-reactive ketones (excluding diaryl/α,β-unsaturated/α-hetero) is 1. The molecule has 1 fully saturated rings. The number of benzene rings is 3. The molecule has 2 heterocycles. The Kier molecular flexibility index (Phi) is 7.50. The number of ketones is 1. The monoisotopic (exact) mass is 523 g/mol. The third-order valence-corrected chi connectivity index (χ3v) is 6.37. The number of rotatable bonds is 9. The van der Waals surface area contributed by atoms with Gasteiger partial charge in [0, 0.05) is 5.56 Å². The Morgan fingerprint density at radius 1 is 0.923 bits per heavy atom. The molecule has 3 aromatic carbocycles. The van der Waals surface area contributed by atoms with E-state index in [1.807, 2.05) is 44.2 Å². The highest BCUT2D eigenvalue weighted by molar-refractivity contribution is 6.46. The number of likely N-dealkylation sites (tertiary alicyclic amines) is 1. The summed E-state index contributed by atoms with van der Waals surface area (Å²) in [7, 11) is 0. The Balaban J connectivity index is 1.51. The molecule has 0 saturated carbocycles. The van der Waals surface area contributed by atoms with Gasteiger partial charge in [-0.3, -0.25) is 9.59 Å². The summed E-state index contributed by atoms with van der Waals surface area (Å²) in [6.45, 7) is 4.29. The van der Waals surface area contributed by atoms with E-state index in [9.17, 15) is 14.7 Å². The van der Waals surface area contributed by atoms with Crippen LogP contribution < -0.4 is 9.47 Å². The molecule has 0 bridgehead atoms. The predicted octanol–water partition coefficient (Wildman–Crippen LogP) is 6.27. The normalized spacial score (nSPS) is 16.6. The van der Waals surface area contributed by atoms with E-state index in [-0.39, 0.29) is 24.0 Å². The molecule has 198 valence electrons. The molecule has 0 spiro atoms. The number of amides is 1. The summed E-state index contributed by atoms with van der Waals surface area (Å²) in [5.74, 6) is -0.0176. The van der Waals surface area contributed by atoms with Crippen LogP contribution in [0.15, 0.2) is 107 Å². The molecule has 0 aliphatic carbocycles. The van der Waals surface area contributed by atoms with Gasteiger partial charge in [-0.25, -0.2) is 0 Å². The molecule has 7 heteroatoms. The lowest BCUT2D eigenvalue weighted by Gasteiger charge is -2.24. The fourth-order valence-corrected chi connectivity index (χ4v) is 4.59. The van der Waals surface area contributed by atoms with Gasteiger partial charge in [-0.2, -0.15) is 0 Å². The van der Waals surface area contributed by atoms with Crippen LogP contribution in [0.5, 0.6) is 11.5 Å². The van der Waals surface area contributed by atoms with Gasteiger partial charge in [0.15, 0.2) is 0 Å². The number of hydrogen-bond acceptors (Lipinski definition) is 6. The molecule has 39 heavy (non-hydrogen) atoms. The summed E-state index contributed by atoms with van der Waals surface area (Å²) >= 11 is 0. The SMILES string of the molecule is CC(C)Oc1cccc(/C(O)=C2/C(=O)C(=O)N(Cc3ccco3)C2c2ccc(OCc3ccccc3)cc2)c1. The van der Waals surface area contributed by atoms with Crippen LogP contribution in [0, 0.1) is 0 Å². The van der Waals surface area contributed by atoms with Gasteiger partial charge in [0.05, 0.1) is 30.5 Å². The smallest absolute Gasteiger partial charge is 0.296 e. The first-order valence-corrected chi connectivity index (χ1v) is 12.8. The zero-order valence-electron chi connectivity index (χ0n) is 21.7. The maximum absolute atomic E-state index is 13.3. The van der Waals surface area contributed by atoms with Crippen molar-refractivity contribution in [3.8, 4) is 11.5 Å². The molecule has 1 N–H and O–H groups in total. The predicted molar refractivity (Wildman–Crippen MR) is 146 cm³/mol. The largest absolute Gasteiger partial charge is 0.507 e. The molecule has 0 radical (unpaired) electrons. The Bertz CT molecular complexity index is 1470. The standard InChI is InChI=1S/C32H29NO6/c1-21(2)39-26-11-6-10-24(18-26)30(34)28-29(33(32(36)31(28)35)19-27-12-7-17-37-27)23-13-15-25(16-14-23)38-20-22-8-4-3-5-9-22/h3-18,21,29,34H,19-20H2,1-2H3/b30-28-. The van der Waals surface area contributed by atoms with Gasteiger partial charge in [0.2, 0.25) is 0 Å². The van der Waals surface area contributed by atoms with Crippen molar-refractivity contribution in [3.05, 3.63) is 125 Å². The van der Waals surface area contributed by atoms with Crippen LogP contribution in [-0.4, -0.2) is 27.8 Å². The summed E-state index contributed by atoms with van der Waals surface area (Å²) in [5, 5.41) is 11.4. The van der Waals surface area contributed by atoms with E-state index >= 15 is 0 Å². The topological polar surface area (TPSA) is 89.2 Å². The Morgan fingerprint density at radius 2 is 1.69 bits per heavy atom. The number of carbonyl (C=O) groups is 2. The Labute approximate surface area is 226 Å². The molecule has 1 atom stereocenters. The third kappa shape index (κ3) is 5.72. The van der Waals surface area contributed by atoms with Gasteiger partial charge >= 0.3 is 0 Å². The first-order valence-electron chi connectivity index (χ1n) is 12.8. The van der Waals surface area contributed by atoms with Crippen LogP contribution >= 0.6 is 0 Å². The summed E-state index contributed by atoms with van der Waals surface area (Å²) < 4.78 is 17.1. The van der Waals surface area contributed by atoms with Gasteiger partial charge < -0.3 is 23.9 Å². The van der Waals surface area contributed by atoms with Crippen LogP contribution in [0.4, 0.5) is 0 Å². The zero-order valence-corrected chi connectivity index (χ0v) is 21.7. The van der Waals surface area contributed by atoms with Gasteiger partial charge in [0.25, 0.3) is 11.7 Å². The second kappa shape index (κ2) is 11.3. The van der Waals surface area contributed by atoms with Gasteiger partial charge in [-0.05, 0) is 61.4 Å². The fourth-order valence-electron chi connectivity index (χ4n) is 4.59. The highest BCUT2D eigenvalue weighted by Crippen LogP contribution is 2.41. The van der Waals surface area contributed by atoms with Crippen molar-refractivity contribution in [3.63, 3.8) is 0 Å². The molecule has 1 unspecified atom stereocenters. The number of carbonyl (C=O) groups excluding carboxylic acids is 2. The van der Waals surface area contributed by atoms with Crippen LogP contribution in [0.2, 0.25) is 0 Å². The lowest BCUT2D eigenvalue weighted by molar-refractivity contribution is -0.140. The third-order valence-electron chi connectivity index (χ3n) is 6.37. The van der Waals surface area contributed by atoms with E-state index in [1.165, 1.54) is 11.2 Å². The number of hydrogen-bond donors (Lipinski definition) is 1. The molecule has 5 rings (SSSR count). The van der Waals surface area contributed by atoms with Crippen molar-refractivity contribution in [2.45, 2.75) is 39.1 Å². The van der Waals surface area contributed by atoms with E-state index in [0.29, 0.717) is 35.0 Å². The number of aliphatic hydroxyl groups is 1. The van der Waals surface area contributed by atoms with Crippen molar-refractivity contribution >= 4 is 17.4 Å². The highest BCUT2D eigenvalue weighted by atomic mass is 16.5. The molecule has 1 saturated heterocycles. The van der Waals surface area contributed by atoms with Crippen LogP contribution in [0.25, 0.3) is 5.76 Å². The molecule has 7 nitrogen and oxygen atoms in total. The second-order valence-corrected chi connectivity index (χ2v) is 9.54. The van der Waals surface area contributed by atoms with Crippen molar-refractivity contribution in [1.82, 2.24) is 4.90 Å². The van der Waals surface area contributed by atoms with E-state index in [0.717, 1.165) is 5.56 Å². The lowest BCUT2D eigenvalue weighted by Crippen LogP contribution is -2.29. The van der Waals surface area contributed by atoms with Gasteiger partial charge in [-0.1, -0.05) is 54.6 Å². The summed E-state index contributed by atoms with van der Waals surface area (Å²) in [5.41, 5.74) is 2.09. The number of nitrogens with zero attached hydrogens (tertiary/aromatic N) is 1. The van der Waals surface area contributed by atoms with Crippen molar-refractivity contribution in [2.75, 3.05) is 0 Å². The first kappa shape index (κ1) is 25.9. The number of aliphatic hydroxyl groups excluding tert-OH is 1. The van der Waals surface area contributed by atoms with E-state index in [2.05, 4.69) is 0 Å². The van der Waals surface area contributed by atoms with Crippen molar-refractivity contribution < 1.29 is 28.6 Å². The molecular formula is C32H29NO6. The van der Waals surface area contributed by atoms with Crippen LogP contribution in [0.1, 0.15) is 42.3 Å². The summed E-state index contributed by atoms with van der Waals surface area (Å²) in [4.78, 5) is 28.0. The van der Waals surface area contributed by atoms with E-state index < -0.39 is 17.7 Å². The second-order valence-electron chi connectivity index (χ2n) is 9.54. The average Bonchev–Trinajstić information content (AvgIpc) is 3.55. The summed E-state index contributed by atoms with van der Waals surface area (Å²) in [6, 6.07) is 26.5. The number of ether oxygens (including phenoxy) is 2. The fraction of sp³-hybridized carbons (Fsp3) is 0.188. The maximum Gasteiger partial charge on any atom is 0.296 e. The van der Waals surface area contributed by atoms with Gasteiger partial charge in [0.1, 0.15) is 29.6 Å². The molecule has 1 aliphatic heterocycles. The Morgan fingerprint density at radius 3 is 2.38 bits per heavy atom. The minimum atomic E-state index is -0.826. The molecule has 4 aromatic rings. The maximum atomic E-state index is 13.3. The molecule has 1 aromatic heterocycles. The highest BCUT2D eigenvalue weighted by Gasteiger charge is 2.46. The molecule has 1 aliphatic rings. The molecule has 1 amide bonds. The van der Waals surface area contributed by atoms with Crippen molar-refractivity contribution in [1.29, 1.82) is 0 Å². The van der Waals surface area contributed by atoms with Crippen LogP contribution in [0.3, 0.4) is 0 Å². The Hall–Kier alpha value is -4.78. The first-order chi connectivity index (χ1) is 18.9. The van der Waals surface area contributed by atoms with Crippen molar-refractivity contribution in [2.24, 2.45) is 0 Å². The zero-order chi connectivity index (χ0) is 27.4. The number of furan rings is 1. The minimum Gasteiger partial charge on any atom is -0.507 e. The van der Waals surface area contributed by atoms with Crippen LogP contribution in [-0.2, 0) is 22.7 Å². The van der Waals surface area contributed by atoms with E-state index in [1.54, 1.807) is 60.7 Å². The quantitative estimate of drug-likeness (QED) is 0.158. The molecular weight excluding hydrogens is 494 g/mol. The minimum absolute atomic E-state index is 0.00575. The average molecular weight is 524 g/mol. The summed E-state index contributed by atoms with van der Waals surface area (Å²) in [6.07, 6.45) is 1.45.